The van der Waals surface area contributed by atoms with Gasteiger partial charge in [-0.15, -0.1) is 0 Å². The summed E-state index contributed by atoms with van der Waals surface area (Å²) < 4.78 is 5.45. The fraction of sp³-hybridized carbons (Fsp3) is 0.238. The number of phenols is 2. The van der Waals surface area contributed by atoms with Crippen molar-refractivity contribution in [1.29, 1.82) is 0 Å². The van der Waals surface area contributed by atoms with E-state index in [0.29, 0.717) is 17.7 Å². The number of carbonyl (C=O) groups is 1. The molecule has 3 aromatic rings. The van der Waals surface area contributed by atoms with Crippen molar-refractivity contribution in [3.63, 3.8) is 0 Å². The predicted molar refractivity (Wildman–Crippen MR) is 109 cm³/mol. The number of amides is 1. The number of nitro groups is 1. The molecule has 0 aliphatic heterocycles. The summed E-state index contributed by atoms with van der Waals surface area (Å²) in [6.45, 7) is 5.88. The summed E-state index contributed by atoms with van der Waals surface area (Å²) in [5.41, 5.74) is 1.44. The highest BCUT2D eigenvalue weighted by atomic mass is 16.6. The SMILES string of the molecule is CCNC(=O)c1noc(-c2cc(C(C)C)c(O)cc2O)c1-c1ccc([N+](=O)[O-])cc1. The summed E-state index contributed by atoms with van der Waals surface area (Å²) in [6, 6.07) is 8.37. The molecule has 9 nitrogen and oxygen atoms in total. The molecule has 3 rings (SSSR count). The van der Waals surface area contributed by atoms with Gasteiger partial charge in [-0.2, -0.15) is 0 Å². The van der Waals surface area contributed by atoms with E-state index in [-0.39, 0.29) is 45.7 Å². The van der Waals surface area contributed by atoms with Crippen LogP contribution in [-0.2, 0) is 0 Å². The first-order valence-electron chi connectivity index (χ1n) is 9.33. The molecular formula is C21H21N3O6. The second-order valence-corrected chi connectivity index (χ2v) is 6.98. The molecule has 2 aromatic carbocycles. The summed E-state index contributed by atoms with van der Waals surface area (Å²) in [7, 11) is 0. The zero-order valence-electron chi connectivity index (χ0n) is 16.7. The van der Waals surface area contributed by atoms with Gasteiger partial charge in [0.15, 0.2) is 11.5 Å². The Labute approximate surface area is 172 Å². The van der Waals surface area contributed by atoms with Gasteiger partial charge >= 0.3 is 0 Å². The lowest BCUT2D eigenvalue weighted by Crippen LogP contribution is -2.23. The van der Waals surface area contributed by atoms with Crippen LogP contribution in [0.15, 0.2) is 40.9 Å². The first-order valence-corrected chi connectivity index (χ1v) is 9.33. The molecule has 0 saturated heterocycles. The van der Waals surface area contributed by atoms with Gasteiger partial charge in [-0.1, -0.05) is 19.0 Å². The van der Waals surface area contributed by atoms with E-state index in [9.17, 15) is 25.1 Å². The third-order valence-corrected chi connectivity index (χ3v) is 4.62. The molecule has 0 saturated carbocycles. The van der Waals surface area contributed by atoms with Gasteiger partial charge in [0.25, 0.3) is 11.6 Å². The Morgan fingerprint density at radius 3 is 2.43 bits per heavy atom. The highest BCUT2D eigenvalue weighted by molar-refractivity contribution is 6.02. The summed E-state index contributed by atoms with van der Waals surface area (Å²) in [6.07, 6.45) is 0. The number of rotatable bonds is 6. The smallest absolute Gasteiger partial charge is 0.274 e. The third kappa shape index (κ3) is 3.82. The normalized spacial score (nSPS) is 10.9. The Balaban J connectivity index is 2.25. The number of carbonyl (C=O) groups excluding carboxylic acids is 1. The lowest BCUT2D eigenvalue weighted by Gasteiger charge is -2.12. The van der Waals surface area contributed by atoms with E-state index >= 15 is 0 Å². The van der Waals surface area contributed by atoms with Crippen molar-refractivity contribution in [1.82, 2.24) is 10.5 Å². The maximum atomic E-state index is 12.5. The number of nitrogens with one attached hydrogen (secondary N) is 1. The average molecular weight is 411 g/mol. The molecule has 1 aromatic heterocycles. The Hall–Kier alpha value is -3.88. The molecular weight excluding hydrogens is 390 g/mol. The molecule has 0 radical (unpaired) electrons. The minimum Gasteiger partial charge on any atom is -0.508 e. The molecule has 0 spiro atoms. The number of non-ortho nitro benzene ring substituents is 1. The zero-order valence-corrected chi connectivity index (χ0v) is 16.7. The van der Waals surface area contributed by atoms with Crippen LogP contribution in [0.2, 0.25) is 0 Å². The Bertz CT molecular complexity index is 1100. The lowest BCUT2D eigenvalue weighted by atomic mass is 9.94. The van der Waals surface area contributed by atoms with Crippen LogP contribution in [0.3, 0.4) is 0 Å². The summed E-state index contributed by atoms with van der Waals surface area (Å²) in [5.74, 6) is -0.726. The van der Waals surface area contributed by atoms with Crippen LogP contribution < -0.4 is 5.32 Å². The first-order chi connectivity index (χ1) is 14.2. The quantitative estimate of drug-likeness (QED) is 0.408. The second kappa shape index (κ2) is 8.24. The van der Waals surface area contributed by atoms with E-state index in [1.54, 1.807) is 13.0 Å². The van der Waals surface area contributed by atoms with E-state index in [4.69, 9.17) is 4.52 Å². The third-order valence-electron chi connectivity index (χ3n) is 4.62. The van der Waals surface area contributed by atoms with E-state index in [2.05, 4.69) is 10.5 Å². The highest BCUT2D eigenvalue weighted by Crippen LogP contribution is 2.43. The molecule has 0 unspecified atom stereocenters. The van der Waals surface area contributed by atoms with Crippen molar-refractivity contribution < 1.29 is 24.5 Å². The minimum absolute atomic E-state index is 0.0146. The summed E-state index contributed by atoms with van der Waals surface area (Å²) >= 11 is 0. The second-order valence-electron chi connectivity index (χ2n) is 6.98. The van der Waals surface area contributed by atoms with Crippen molar-refractivity contribution in [3.05, 3.63) is 57.8 Å². The molecule has 1 amide bonds. The van der Waals surface area contributed by atoms with Crippen molar-refractivity contribution in [2.45, 2.75) is 26.7 Å². The standard InChI is InChI=1S/C21H21N3O6/c1-4-22-21(27)19-18(12-5-7-13(8-6-12)24(28)29)20(30-23-19)15-9-14(11(2)3)16(25)10-17(15)26/h5-11,25-26H,4H2,1-3H3,(H,22,27). The number of hydrogen-bond acceptors (Lipinski definition) is 7. The molecule has 0 aliphatic carbocycles. The molecule has 0 fully saturated rings. The van der Waals surface area contributed by atoms with Gasteiger partial charge in [0.1, 0.15) is 11.5 Å². The van der Waals surface area contributed by atoms with Gasteiger partial charge < -0.3 is 20.1 Å². The maximum absolute atomic E-state index is 12.5. The first kappa shape index (κ1) is 20.8. The fourth-order valence-electron chi connectivity index (χ4n) is 3.13. The van der Waals surface area contributed by atoms with E-state index < -0.39 is 10.8 Å². The number of phenolic OH excluding ortho intramolecular Hbond substituents is 2. The maximum Gasteiger partial charge on any atom is 0.274 e. The van der Waals surface area contributed by atoms with E-state index in [1.807, 2.05) is 13.8 Å². The van der Waals surface area contributed by atoms with Crippen LogP contribution in [-0.4, -0.2) is 32.7 Å². The van der Waals surface area contributed by atoms with Crippen LogP contribution in [0, 0.1) is 10.1 Å². The number of aromatic hydroxyl groups is 2. The molecule has 1 heterocycles. The van der Waals surface area contributed by atoms with Crippen molar-refractivity contribution >= 4 is 11.6 Å². The number of benzene rings is 2. The van der Waals surface area contributed by atoms with Gasteiger partial charge in [-0.3, -0.25) is 14.9 Å². The Kier molecular flexibility index (Phi) is 5.72. The Morgan fingerprint density at radius 2 is 1.87 bits per heavy atom. The minimum atomic E-state index is -0.524. The predicted octanol–water partition coefficient (Wildman–Crippen LogP) is 4.20. The largest absolute Gasteiger partial charge is 0.508 e. The van der Waals surface area contributed by atoms with Gasteiger partial charge in [-0.05, 0) is 42.2 Å². The molecule has 0 bridgehead atoms. The number of aromatic nitrogens is 1. The van der Waals surface area contributed by atoms with Crippen molar-refractivity contribution in [3.8, 4) is 33.9 Å². The van der Waals surface area contributed by atoms with E-state index in [1.165, 1.54) is 30.3 Å². The van der Waals surface area contributed by atoms with Gasteiger partial charge in [0.05, 0.1) is 16.1 Å². The number of nitrogens with zero attached hydrogens (tertiary/aromatic N) is 2. The molecule has 9 heteroatoms. The number of hydrogen-bond donors (Lipinski definition) is 3. The highest BCUT2D eigenvalue weighted by Gasteiger charge is 2.27. The van der Waals surface area contributed by atoms with Gasteiger partial charge in [0.2, 0.25) is 0 Å². The van der Waals surface area contributed by atoms with Crippen LogP contribution in [0.5, 0.6) is 11.5 Å². The Morgan fingerprint density at radius 1 is 1.20 bits per heavy atom. The van der Waals surface area contributed by atoms with Gasteiger partial charge in [0, 0.05) is 24.7 Å². The van der Waals surface area contributed by atoms with Crippen LogP contribution >= 0.6 is 0 Å². The van der Waals surface area contributed by atoms with Crippen molar-refractivity contribution in [2.24, 2.45) is 0 Å². The molecule has 0 atom stereocenters. The van der Waals surface area contributed by atoms with Crippen LogP contribution in [0.25, 0.3) is 22.5 Å². The monoisotopic (exact) mass is 411 g/mol. The van der Waals surface area contributed by atoms with Crippen LogP contribution in [0.1, 0.15) is 42.7 Å². The molecule has 30 heavy (non-hydrogen) atoms. The molecule has 156 valence electrons. The van der Waals surface area contributed by atoms with Crippen LogP contribution in [0.4, 0.5) is 5.69 Å². The summed E-state index contributed by atoms with van der Waals surface area (Å²) in [4.78, 5) is 23.0. The zero-order chi connectivity index (χ0) is 22.0. The summed E-state index contributed by atoms with van der Waals surface area (Å²) in [5, 5.41) is 38.1. The topological polar surface area (TPSA) is 139 Å². The van der Waals surface area contributed by atoms with Gasteiger partial charge in [-0.25, -0.2) is 0 Å². The molecule has 0 aliphatic rings. The lowest BCUT2D eigenvalue weighted by molar-refractivity contribution is -0.384. The number of nitro benzene ring substituents is 1. The average Bonchev–Trinajstić information content (AvgIpc) is 3.13. The van der Waals surface area contributed by atoms with Crippen molar-refractivity contribution in [2.75, 3.05) is 6.54 Å². The molecule has 3 N–H and O–H groups in total. The fourth-order valence-corrected chi connectivity index (χ4v) is 3.13. The van der Waals surface area contributed by atoms with E-state index in [0.717, 1.165) is 0 Å².